The van der Waals surface area contributed by atoms with Crippen LogP contribution in [0.15, 0.2) is 0 Å². The molecule has 1 aliphatic rings. The maximum Gasteiger partial charge on any atom is 0.114 e. The van der Waals surface area contributed by atoms with E-state index in [0.717, 1.165) is 6.61 Å². The molecular weight excluding hydrogens is 191 g/mol. The predicted octanol–water partition coefficient (Wildman–Crippen LogP) is 3.63. The fourth-order valence-electron chi connectivity index (χ4n) is 2.64. The first-order valence-electron chi connectivity index (χ1n) is 6.23. The summed E-state index contributed by atoms with van der Waals surface area (Å²) in [5.41, 5.74) is 0. The number of rotatable bonds is 8. The van der Waals surface area contributed by atoms with Crippen LogP contribution in [0.25, 0.3) is 0 Å². The molecule has 0 amide bonds. The van der Waals surface area contributed by atoms with Crippen LogP contribution >= 0.6 is 7.26 Å². The Morgan fingerprint density at radius 1 is 1.00 bits per heavy atom. The summed E-state index contributed by atoms with van der Waals surface area (Å²) in [4.78, 5) is 0. The van der Waals surface area contributed by atoms with Gasteiger partial charge in [0.1, 0.15) is 6.10 Å². The summed E-state index contributed by atoms with van der Waals surface area (Å²) in [5, 5.41) is 0. The zero-order valence-corrected chi connectivity index (χ0v) is 11.0. The van der Waals surface area contributed by atoms with Crippen LogP contribution in [0.2, 0.25) is 0 Å². The molecule has 14 heavy (non-hydrogen) atoms. The van der Waals surface area contributed by atoms with Crippen LogP contribution < -0.4 is 0 Å². The molecule has 1 heterocycles. The highest BCUT2D eigenvalue weighted by atomic mass is 31.2. The first-order valence-corrected chi connectivity index (χ1v) is 8.76. The molecule has 0 spiro atoms. The smallest absolute Gasteiger partial charge is 0.114 e. The van der Waals surface area contributed by atoms with Gasteiger partial charge in [0.15, 0.2) is 0 Å². The van der Waals surface area contributed by atoms with E-state index >= 15 is 0 Å². The highest BCUT2D eigenvalue weighted by Crippen LogP contribution is 2.61. The second-order valence-corrected chi connectivity index (χ2v) is 9.04. The Morgan fingerprint density at radius 3 is 1.71 bits per heavy atom. The molecule has 0 aromatic heterocycles. The zero-order chi connectivity index (χ0) is 10.4. The lowest BCUT2D eigenvalue weighted by atomic mass is 10.5. The topological polar surface area (TPSA) is 12.5 Å². The van der Waals surface area contributed by atoms with Gasteiger partial charge in [0.05, 0.1) is 31.3 Å². The molecule has 0 radical (unpaired) electrons. The van der Waals surface area contributed by atoms with Gasteiger partial charge in [-0.3, -0.25) is 0 Å². The Morgan fingerprint density at radius 2 is 1.43 bits per heavy atom. The van der Waals surface area contributed by atoms with Gasteiger partial charge in [0.25, 0.3) is 0 Å². The Bertz CT molecular complexity index is 137. The maximum absolute atomic E-state index is 5.43. The van der Waals surface area contributed by atoms with Crippen molar-refractivity contribution in [1.29, 1.82) is 0 Å². The van der Waals surface area contributed by atoms with Gasteiger partial charge in [-0.05, 0) is 19.3 Å². The fraction of sp³-hybridized carbons (Fsp3) is 1.00. The van der Waals surface area contributed by atoms with Crippen molar-refractivity contribution in [2.24, 2.45) is 0 Å². The average molecular weight is 217 g/mol. The molecule has 0 aromatic rings. The van der Waals surface area contributed by atoms with Crippen LogP contribution in [-0.2, 0) is 4.74 Å². The zero-order valence-electron chi connectivity index (χ0n) is 10.1. The van der Waals surface area contributed by atoms with Crippen molar-refractivity contribution in [1.82, 2.24) is 0 Å². The molecule has 2 heteroatoms. The van der Waals surface area contributed by atoms with E-state index in [1.807, 2.05) is 0 Å². The van der Waals surface area contributed by atoms with Gasteiger partial charge in [-0.2, -0.15) is 0 Å². The molecule has 1 saturated heterocycles. The lowest BCUT2D eigenvalue weighted by molar-refractivity contribution is 0.424. The highest BCUT2D eigenvalue weighted by molar-refractivity contribution is 7.75. The molecule has 84 valence electrons. The Hall–Kier alpha value is 0.390. The minimum atomic E-state index is -0.615. The van der Waals surface area contributed by atoms with Gasteiger partial charge in [-0.25, -0.2) is 0 Å². The fourth-order valence-corrected chi connectivity index (χ4v) is 7.78. The first kappa shape index (κ1) is 12.5. The van der Waals surface area contributed by atoms with Gasteiger partial charge in [-0.1, -0.05) is 20.8 Å². The van der Waals surface area contributed by atoms with Crippen molar-refractivity contribution in [2.75, 3.05) is 31.3 Å². The molecule has 1 fully saturated rings. The van der Waals surface area contributed by atoms with Crippen molar-refractivity contribution < 1.29 is 4.74 Å². The first-order chi connectivity index (χ1) is 6.76. The molecule has 1 aliphatic heterocycles. The standard InChI is InChI=1S/C12H26OP/c1-4-7-14(8-5-2,9-6-3)11-12-10-13-12/h12H,4-11H2,1-3H3/q+1. The summed E-state index contributed by atoms with van der Waals surface area (Å²) < 4.78 is 5.43. The van der Waals surface area contributed by atoms with E-state index in [1.54, 1.807) is 0 Å². The van der Waals surface area contributed by atoms with E-state index in [-0.39, 0.29) is 0 Å². The van der Waals surface area contributed by atoms with Crippen LogP contribution in [0, 0.1) is 0 Å². The molecule has 1 atom stereocenters. The molecule has 0 aliphatic carbocycles. The monoisotopic (exact) mass is 217 g/mol. The van der Waals surface area contributed by atoms with Crippen LogP contribution in [0.5, 0.6) is 0 Å². The molecular formula is C12H26OP+. The Kier molecular flexibility index (Phi) is 5.41. The largest absolute Gasteiger partial charge is 0.369 e. The molecule has 1 nitrogen and oxygen atoms in total. The van der Waals surface area contributed by atoms with E-state index in [2.05, 4.69) is 20.8 Å². The SMILES string of the molecule is CCC[P+](CCC)(CCC)CC1CO1. The second kappa shape index (κ2) is 6.08. The van der Waals surface area contributed by atoms with Crippen molar-refractivity contribution in [3.05, 3.63) is 0 Å². The van der Waals surface area contributed by atoms with Gasteiger partial charge < -0.3 is 4.74 Å². The highest BCUT2D eigenvalue weighted by Gasteiger charge is 2.41. The van der Waals surface area contributed by atoms with E-state index < -0.39 is 7.26 Å². The summed E-state index contributed by atoms with van der Waals surface area (Å²) in [6.45, 7) is 8.08. The van der Waals surface area contributed by atoms with Crippen LogP contribution in [0.3, 0.4) is 0 Å². The third-order valence-corrected chi connectivity index (χ3v) is 8.46. The number of ether oxygens (including phenoxy) is 1. The minimum Gasteiger partial charge on any atom is -0.369 e. The van der Waals surface area contributed by atoms with E-state index in [0.29, 0.717) is 6.10 Å². The van der Waals surface area contributed by atoms with E-state index in [4.69, 9.17) is 4.74 Å². The third-order valence-electron chi connectivity index (χ3n) is 3.09. The Balaban J connectivity index is 2.49. The molecule has 0 bridgehead atoms. The van der Waals surface area contributed by atoms with Crippen LogP contribution in [-0.4, -0.2) is 37.4 Å². The van der Waals surface area contributed by atoms with Crippen LogP contribution in [0.4, 0.5) is 0 Å². The van der Waals surface area contributed by atoms with E-state index in [9.17, 15) is 0 Å². The van der Waals surface area contributed by atoms with Crippen molar-refractivity contribution in [2.45, 2.75) is 46.1 Å². The minimum absolute atomic E-state index is 0.615. The van der Waals surface area contributed by atoms with Gasteiger partial charge >= 0.3 is 0 Å². The summed E-state index contributed by atoms with van der Waals surface area (Å²) in [7, 11) is -0.615. The van der Waals surface area contributed by atoms with Crippen molar-refractivity contribution in [3.8, 4) is 0 Å². The molecule has 1 rings (SSSR count). The number of hydrogen-bond acceptors (Lipinski definition) is 1. The molecule has 0 aromatic carbocycles. The molecule has 0 saturated carbocycles. The third kappa shape index (κ3) is 3.87. The Labute approximate surface area is 89.9 Å². The van der Waals surface area contributed by atoms with Crippen molar-refractivity contribution in [3.63, 3.8) is 0 Å². The quantitative estimate of drug-likeness (QED) is 0.447. The number of hydrogen-bond donors (Lipinski definition) is 0. The summed E-state index contributed by atoms with van der Waals surface area (Å²) >= 11 is 0. The number of epoxide rings is 1. The van der Waals surface area contributed by atoms with Crippen LogP contribution in [0.1, 0.15) is 40.0 Å². The van der Waals surface area contributed by atoms with Crippen molar-refractivity contribution >= 4 is 7.26 Å². The molecule has 1 unspecified atom stereocenters. The average Bonchev–Trinajstić information content (AvgIpc) is 2.89. The lowest BCUT2D eigenvalue weighted by Crippen LogP contribution is -2.14. The van der Waals surface area contributed by atoms with Gasteiger partial charge in [0.2, 0.25) is 0 Å². The molecule has 0 N–H and O–H groups in total. The van der Waals surface area contributed by atoms with Gasteiger partial charge in [0, 0.05) is 7.26 Å². The van der Waals surface area contributed by atoms with Gasteiger partial charge in [-0.15, -0.1) is 0 Å². The summed E-state index contributed by atoms with van der Waals surface area (Å²) in [6, 6.07) is 0. The summed E-state index contributed by atoms with van der Waals surface area (Å²) in [5.74, 6) is 0. The van der Waals surface area contributed by atoms with E-state index in [1.165, 1.54) is 43.9 Å². The lowest BCUT2D eigenvalue weighted by Gasteiger charge is -2.26. The maximum atomic E-state index is 5.43. The normalized spacial score (nSPS) is 21.2. The second-order valence-electron chi connectivity index (χ2n) is 4.65. The predicted molar refractivity (Wildman–Crippen MR) is 67.0 cm³/mol. The summed E-state index contributed by atoms with van der Waals surface area (Å²) in [6.07, 6.45) is 10.7.